The molecule has 1 saturated carbocycles. The highest BCUT2D eigenvalue weighted by atomic mass is 19.1. The van der Waals surface area contributed by atoms with Crippen molar-refractivity contribution in [3.63, 3.8) is 0 Å². The van der Waals surface area contributed by atoms with E-state index in [2.05, 4.69) is 25.6 Å². The monoisotopic (exact) mass is 377 g/mol. The zero-order valence-corrected chi connectivity index (χ0v) is 15.0. The molecule has 0 unspecified atom stereocenters. The number of hydrogen-bond donors (Lipinski definition) is 2. The van der Waals surface area contributed by atoms with Crippen LogP contribution in [0.4, 0.5) is 16.0 Å². The van der Waals surface area contributed by atoms with Crippen molar-refractivity contribution in [3.05, 3.63) is 42.5 Å². The molecule has 2 N–H and O–H groups in total. The Balaban J connectivity index is 1.66. The fraction of sp³-hybridized carbons (Fsp3) is 0.200. The summed E-state index contributed by atoms with van der Waals surface area (Å²) in [5.74, 6) is 1.11. The van der Waals surface area contributed by atoms with Crippen molar-refractivity contribution in [1.29, 1.82) is 0 Å². The first-order valence-electron chi connectivity index (χ1n) is 8.96. The molecule has 8 heteroatoms. The highest BCUT2D eigenvalue weighted by Crippen LogP contribution is 2.35. The average Bonchev–Trinajstić information content (AvgIpc) is 3.47. The molecule has 28 heavy (non-hydrogen) atoms. The summed E-state index contributed by atoms with van der Waals surface area (Å²) >= 11 is 0. The van der Waals surface area contributed by atoms with E-state index in [0.29, 0.717) is 34.2 Å². The number of rotatable bonds is 4. The number of aromatic nitrogens is 3. The van der Waals surface area contributed by atoms with Crippen LogP contribution < -0.4 is 10.6 Å². The Morgan fingerprint density at radius 1 is 1.18 bits per heavy atom. The van der Waals surface area contributed by atoms with Gasteiger partial charge in [-0.15, -0.1) is 0 Å². The first-order valence-corrected chi connectivity index (χ1v) is 8.96. The normalized spacial score (nSPS) is 13.8. The van der Waals surface area contributed by atoms with Gasteiger partial charge in [-0.1, -0.05) is 0 Å². The van der Waals surface area contributed by atoms with Crippen LogP contribution in [-0.4, -0.2) is 27.9 Å². The van der Waals surface area contributed by atoms with E-state index in [-0.39, 0.29) is 17.6 Å². The molecule has 5 rings (SSSR count). The summed E-state index contributed by atoms with van der Waals surface area (Å²) in [6.45, 7) is 0. The predicted molar refractivity (Wildman–Crippen MR) is 103 cm³/mol. The number of anilines is 2. The molecule has 0 aliphatic heterocycles. The Morgan fingerprint density at radius 2 is 2.04 bits per heavy atom. The lowest BCUT2D eigenvalue weighted by Gasteiger charge is -2.10. The number of hydrogen-bond acceptors (Lipinski definition) is 6. The largest absolute Gasteiger partial charge is 0.436 e. The van der Waals surface area contributed by atoms with Crippen LogP contribution >= 0.6 is 0 Å². The minimum absolute atomic E-state index is 0.0198. The Hall–Kier alpha value is -3.55. The molecule has 1 aromatic carbocycles. The lowest BCUT2D eigenvalue weighted by molar-refractivity contribution is -0.117. The second-order valence-electron chi connectivity index (χ2n) is 6.78. The van der Waals surface area contributed by atoms with Gasteiger partial charge < -0.3 is 15.1 Å². The number of benzene rings is 1. The summed E-state index contributed by atoms with van der Waals surface area (Å²) in [4.78, 5) is 25.2. The van der Waals surface area contributed by atoms with Crippen molar-refractivity contribution in [2.24, 2.45) is 5.92 Å². The Labute approximate surface area is 159 Å². The molecule has 3 heterocycles. The van der Waals surface area contributed by atoms with Crippen LogP contribution in [0.15, 0.2) is 41.1 Å². The average molecular weight is 377 g/mol. The lowest BCUT2D eigenvalue weighted by atomic mass is 10.1. The van der Waals surface area contributed by atoms with E-state index in [1.165, 1.54) is 12.1 Å². The third kappa shape index (κ3) is 2.83. The second kappa shape index (κ2) is 6.26. The number of pyridine rings is 2. The van der Waals surface area contributed by atoms with Gasteiger partial charge in [0.1, 0.15) is 23.0 Å². The van der Waals surface area contributed by atoms with Crippen molar-refractivity contribution in [3.8, 4) is 11.5 Å². The van der Waals surface area contributed by atoms with Crippen molar-refractivity contribution in [2.45, 2.75) is 12.8 Å². The van der Waals surface area contributed by atoms with Gasteiger partial charge in [0.15, 0.2) is 5.58 Å². The topological polar surface area (TPSA) is 92.9 Å². The number of halogens is 1. The van der Waals surface area contributed by atoms with Gasteiger partial charge >= 0.3 is 0 Å². The fourth-order valence-corrected chi connectivity index (χ4v) is 3.16. The maximum absolute atomic E-state index is 13.5. The maximum Gasteiger partial charge on any atom is 0.229 e. The van der Waals surface area contributed by atoms with Gasteiger partial charge in [0.25, 0.3) is 0 Å². The Kier molecular flexibility index (Phi) is 3.71. The number of oxazole rings is 1. The van der Waals surface area contributed by atoms with Crippen LogP contribution in [0.1, 0.15) is 12.8 Å². The molecule has 0 radical (unpaired) electrons. The minimum atomic E-state index is -0.380. The van der Waals surface area contributed by atoms with Crippen LogP contribution in [0.25, 0.3) is 33.3 Å². The van der Waals surface area contributed by atoms with Gasteiger partial charge in [0.2, 0.25) is 11.8 Å². The molecule has 0 atom stereocenters. The summed E-state index contributed by atoms with van der Waals surface area (Å²) in [7, 11) is 1.77. The Morgan fingerprint density at radius 3 is 2.82 bits per heavy atom. The first kappa shape index (κ1) is 16.6. The molecule has 3 aromatic heterocycles. The van der Waals surface area contributed by atoms with Crippen molar-refractivity contribution < 1.29 is 13.6 Å². The number of fused-ring (bicyclic) bond motifs is 2. The summed E-state index contributed by atoms with van der Waals surface area (Å²) < 4.78 is 19.3. The molecule has 1 aliphatic carbocycles. The summed E-state index contributed by atoms with van der Waals surface area (Å²) in [5, 5.41) is 7.42. The molecule has 1 aliphatic rings. The van der Waals surface area contributed by atoms with Crippen LogP contribution in [0.5, 0.6) is 0 Å². The number of amides is 1. The zero-order valence-electron chi connectivity index (χ0n) is 15.0. The van der Waals surface area contributed by atoms with E-state index in [0.717, 1.165) is 23.6 Å². The van der Waals surface area contributed by atoms with E-state index in [9.17, 15) is 9.18 Å². The molecule has 1 amide bonds. The number of carbonyl (C=O) groups excluding carboxylic acids is 1. The predicted octanol–water partition coefficient (Wildman–Crippen LogP) is 3.97. The SMILES string of the molecule is CNc1ncc(-c2nc3cc(F)ccc3o2)c2cc(NC(=O)C3CC3)ncc12. The van der Waals surface area contributed by atoms with E-state index >= 15 is 0 Å². The maximum atomic E-state index is 13.5. The molecule has 0 saturated heterocycles. The van der Waals surface area contributed by atoms with Crippen LogP contribution in [0, 0.1) is 11.7 Å². The van der Waals surface area contributed by atoms with Crippen LogP contribution in [0.3, 0.4) is 0 Å². The highest BCUT2D eigenvalue weighted by Gasteiger charge is 2.30. The molecule has 140 valence electrons. The van der Waals surface area contributed by atoms with Crippen LogP contribution in [0.2, 0.25) is 0 Å². The zero-order chi connectivity index (χ0) is 19.3. The quantitative estimate of drug-likeness (QED) is 0.559. The van der Waals surface area contributed by atoms with E-state index in [1.54, 1.807) is 31.6 Å². The van der Waals surface area contributed by atoms with Gasteiger partial charge in [-0.05, 0) is 31.0 Å². The van der Waals surface area contributed by atoms with E-state index < -0.39 is 0 Å². The summed E-state index contributed by atoms with van der Waals surface area (Å²) in [5.41, 5.74) is 1.55. The lowest BCUT2D eigenvalue weighted by Crippen LogP contribution is -2.14. The molecular weight excluding hydrogens is 361 g/mol. The first-order chi connectivity index (χ1) is 13.6. The molecule has 0 bridgehead atoms. The van der Waals surface area contributed by atoms with Crippen molar-refractivity contribution >= 4 is 39.4 Å². The molecule has 0 spiro atoms. The number of carbonyl (C=O) groups is 1. The fourth-order valence-electron chi connectivity index (χ4n) is 3.16. The molecule has 7 nitrogen and oxygen atoms in total. The van der Waals surface area contributed by atoms with E-state index in [4.69, 9.17) is 4.42 Å². The smallest absolute Gasteiger partial charge is 0.229 e. The van der Waals surface area contributed by atoms with Gasteiger partial charge in [-0.3, -0.25) is 4.79 Å². The summed E-state index contributed by atoms with van der Waals surface area (Å²) in [6, 6.07) is 5.97. The third-order valence-corrected chi connectivity index (χ3v) is 4.79. The van der Waals surface area contributed by atoms with E-state index in [1.807, 2.05) is 0 Å². The summed E-state index contributed by atoms with van der Waals surface area (Å²) in [6.07, 6.45) is 5.13. The number of nitrogens with one attached hydrogen (secondary N) is 2. The standard InChI is InChI=1S/C20H16FN5O2/c1-22-18-13-8-23-17(26-19(27)10-2-3-10)7-12(13)14(9-24-18)20-25-15-6-11(21)4-5-16(15)28-20/h4-10H,2-3H2,1H3,(H,22,24)(H,23,26,27). The minimum Gasteiger partial charge on any atom is -0.436 e. The van der Waals surface area contributed by atoms with Gasteiger partial charge in [0, 0.05) is 42.2 Å². The molecule has 1 fully saturated rings. The van der Waals surface area contributed by atoms with Gasteiger partial charge in [0.05, 0.1) is 5.56 Å². The second-order valence-corrected chi connectivity index (χ2v) is 6.78. The highest BCUT2D eigenvalue weighted by molar-refractivity contribution is 6.03. The molecular formula is C20H16FN5O2. The molecule has 4 aromatic rings. The third-order valence-electron chi connectivity index (χ3n) is 4.79. The van der Waals surface area contributed by atoms with Crippen molar-refractivity contribution in [2.75, 3.05) is 17.7 Å². The van der Waals surface area contributed by atoms with Gasteiger partial charge in [-0.25, -0.2) is 19.3 Å². The number of nitrogens with zero attached hydrogens (tertiary/aromatic N) is 3. The Bertz CT molecular complexity index is 1230. The van der Waals surface area contributed by atoms with Crippen molar-refractivity contribution in [1.82, 2.24) is 15.0 Å². The van der Waals surface area contributed by atoms with Gasteiger partial charge in [-0.2, -0.15) is 0 Å². The van der Waals surface area contributed by atoms with Crippen LogP contribution in [-0.2, 0) is 4.79 Å².